The molecule has 0 heterocycles. The van der Waals surface area contributed by atoms with Gasteiger partial charge in [0.25, 0.3) is 0 Å². The van der Waals surface area contributed by atoms with Crippen LogP contribution in [0.2, 0.25) is 0 Å². The van der Waals surface area contributed by atoms with Crippen molar-refractivity contribution in [1.29, 1.82) is 0 Å². The lowest BCUT2D eigenvalue weighted by molar-refractivity contribution is 0.0732. The highest BCUT2D eigenvalue weighted by Crippen LogP contribution is 2.35. The number of primary amides is 1. The monoisotopic (exact) mass is 379 g/mol. The molecule has 0 radical (unpaired) electrons. The third-order valence-corrected chi connectivity index (χ3v) is 3.79. The Morgan fingerprint density at radius 2 is 1.61 bits per heavy atom. The van der Waals surface area contributed by atoms with Crippen LogP contribution in [0.25, 0.3) is 0 Å². The van der Waals surface area contributed by atoms with Crippen molar-refractivity contribution in [3.63, 3.8) is 0 Å². The predicted octanol–water partition coefficient (Wildman–Crippen LogP) is 2.78. The highest BCUT2D eigenvalue weighted by Gasteiger charge is 2.16. The van der Waals surface area contributed by atoms with Crippen LogP contribution in [-0.4, -0.2) is 26.1 Å². The van der Waals surface area contributed by atoms with Crippen LogP contribution in [0.4, 0.5) is 0 Å². The number of hydrogen-bond donors (Lipinski definition) is 1. The second-order valence-corrected chi connectivity index (χ2v) is 5.27. The van der Waals surface area contributed by atoms with Gasteiger partial charge in [-0.25, -0.2) is 4.79 Å². The lowest BCUT2D eigenvalue weighted by atomic mass is 10.2. The minimum Gasteiger partial charge on any atom is -0.495 e. The van der Waals surface area contributed by atoms with Crippen LogP contribution in [0.3, 0.4) is 0 Å². The normalized spacial score (nSPS) is 10.0. The molecule has 0 atom stereocenters. The summed E-state index contributed by atoms with van der Waals surface area (Å²) >= 11 is 3.32. The van der Waals surface area contributed by atoms with Crippen LogP contribution in [0.15, 0.2) is 40.9 Å². The van der Waals surface area contributed by atoms with E-state index in [1.54, 1.807) is 12.1 Å². The maximum atomic E-state index is 12.3. The van der Waals surface area contributed by atoms with E-state index in [-0.39, 0.29) is 16.9 Å². The molecule has 0 saturated carbocycles. The summed E-state index contributed by atoms with van der Waals surface area (Å²) in [6, 6.07) is 9.10. The van der Waals surface area contributed by atoms with Crippen LogP contribution in [0.1, 0.15) is 20.7 Å². The van der Waals surface area contributed by atoms with Gasteiger partial charge < -0.3 is 19.9 Å². The average Bonchev–Trinajstić information content (AvgIpc) is 2.55. The molecule has 2 aromatic carbocycles. The van der Waals surface area contributed by atoms with Crippen molar-refractivity contribution in [2.24, 2.45) is 5.73 Å². The second-order valence-electron chi connectivity index (χ2n) is 4.48. The third-order valence-electron chi connectivity index (χ3n) is 3.01. The zero-order valence-corrected chi connectivity index (χ0v) is 14.0. The molecule has 120 valence electrons. The number of amides is 1. The van der Waals surface area contributed by atoms with Gasteiger partial charge in [-0.2, -0.15) is 0 Å². The Kier molecular flexibility index (Phi) is 5.23. The van der Waals surface area contributed by atoms with Gasteiger partial charge in [-0.3, -0.25) is 4.79 Å². The Labute approximate surface area is 141 Å². The van der Waals surface area contributed by atoms with E-state index in [0.717, 1.165) is 0 Å². The summed E-state index contributed by atoms with van der Waals surface area (Å²) in [5.41, 5.74) is 5.69. The van der Waals surface area contributed by atoms with E-state index in [2.05, 4.69) is 15.9 Å². The smallest absolute Gasteiger partial charge is 0.343 e. The minimum absolute atomic E-state index is 0.215. The molecular formula is C16H14BrNO5. The molecule has 0 bridgehead atoms. The van der Waals surface area contributed by atoms with Gasteiger partial charge in [0.15, 0.2) is 0 Å². The van der Waals surface area contributed by atoms with Gasteiger partial charge in [0.05, 0.1) is 19.8 Å². The summed E-state index contributed by atoms with van der Waals surface area (Å²) in [7, 11) is 2.95. The lowest BCUT2D eigenvalue weighted by Crippen LogP contribution is -2.12. The Balaban J connectivity index is 2.30. The van der Waals surface area contributed by atoms with Crippen molar-refractivity contribution < 1.29 is 23.8 Å². The molecule has 2 rings (SSSR count). The summed E-state index contributed by atoms with van der Waals surface area (Å²) in [6.07, 6.45) is 0. The van der Waals surface area contributed by atoms with Gasteiger partial charge in [-0.1, -0.05) is 6.07 Å². The molecule has 6 nitrogen and oxygen atoms in total. The van der Waals surface area contributed by atoms with Crippen LogP contribution >= 0.6 is 15.9 Å². The first-order valence-corrected chi connectivity index (χ1v) is 7.29. The van der Waals surface area contributed by atoms with Crippen molar-refractivity contribution in [1.82, 2.24) is 0 Å². The maximum absolute atomic E-state index is 12.3. The summed E-state index contributed by atoms with van der Waals surface area (Å²) in [5.74, 6) is -0.137. The Bertz CT molecular complexity index is 735. The third kappa shape index (κ3) is 3.81. The van der Waals surface area contributed by atoms with Gasteiger partial charge in [0.2, 0.25) is 5.91 Å². The van der Waals surface area contributed by atoms with E-state index in [4.69, 9.17) is 19.9 Å². The number of esters is 1. The number of carbonyl (C=O) groups is 2. The maximum Gasteiger partial charge on any atom is 0.343 e. The topological polar surface area (TPSA) is 87.9 Å². The number of rotatable bonds is 5. The molecule has 0 fully saturated rings. The standard InChI is InChI=1S/C16H14BrNO5/c1-21-12-7-10(8-13(22-2)14(12)17)16(20)23-11-5-3-4-9(6-11)15(18)19/h3-8H,1-2H3,(H2,18,19). The summed E-state index contributed by atoms with van der Waals surface area (Å²) < 4.78 is 16.2. The molecule has 2 aromatic rings. The van der Waals surface area contributed by atoms with Crippen molar-refractivity contribution in [3.8, 4) is 17.2 Å². The van der Waals surface area contributed by atoms with Crippen molar-refractivity contribution in [2.75, 3.05) is 14.2 Å². The first-order chi connectivity index (χ1) is 11.0. The highest BCUT2D eigenvalue weighted by molar-refractivity contribution is 9.10. The van der Waals surface area contributed by atoms with Crippen LogP contribution < -0.4 is 19.9 Å². The number of methoxy groups -OCH3 is 2. The summed E-state index contributed by atoms with van der Waals surface area (Å²) in [4.78, 5) is 23.4. The molecule has 0 saturated heterocycles. The van der Waals surface area contributed by atoms with E-state index >= 15 is 0 Å². The summed E-state index contributed by atoms with van der Waals surface area (Å²) in [6.45, 7) is 0. The van der Waals surface area contributed by atoms with E-state index in [1.807, 2.05) is 0 Å². The SMILES string of the molecule is COc1cc(C(=O)Oc2cccc(C(N)=O)c2)cc(OC)c1Br. The molecule has 0 aliphatic carbocycles. The number of nitrogens with two attached hydrogens (primary N) is 1. The number of carbonyl (C=O) groups excluding carboxylic acids is 2. The van der Waals surface area contributed by atoms with E-state index in [0.29, 0.717) is 16.0 Å². The fourth-order valence-electron chi connectivity index (χ4n) is 1.87. The van der Waals surface area contributed by atoms with Gasteiger partial charge in [-0.05, 0) is 46.3 Å². The quantitative estimate of drug-likeness (QED) is 0.637. The van der Waals surface area contributed by atoms with E-state index in [9.17, 15) is 9.59 Å². The Morgan fingerprint density at radius 1 is 1.00 bits per heavy atom. The number of benzene rings is 2. The van der Waals surface area contributed by atoms with Crippen molar-refractivity contribution in [3.05, 3.63) is 52.0 Å². The lowest BCUT2D eigenvalue weighted by Gasteiger charge is -2.11. The molecule has 0 aliphatic heterocycles. The predicted molar refractivity (Wildman–Crippen MR) is 87.2 cm³/mol. The number of hydrogen-bond acceptors (Lipinski definition) is 5. The fraction of sp³-hybridized carbons (Fsp3) is 0.125. The molecule has 0 aromatic heterocycles. The van der Waals surface area contributed by atoms with E-state index in [1.165, 1.54) is 38.5 Å². The zero-order chi connectivity index (χ0) is 17.0. The molecule has 7 heteroatoms. The van der Waals surface area contributed by atoms with Gasteiger partial charge in [0, 0.05) is 5.56 Å². The number of ether oxygens (including phenoxy) is 3. The van der Waals surface area contributed by atoms with Gasteiger partial charge in [-0.15, -0.1) is 0 Å². The highest BCUT2D eigenvalue weighted by atomic mass is 79.9. The fourth-order valence-corrected chi connectivity index (χ4v) is 2.42. The first-order valence-electron chi connectivity index (χ1n) is 6.49. The van der Waals surface area contributed by atoms with E-state index < -0.39 is 11.9 Å². The molecule has 1 amide bonds. The number of halogens is 1. The minimum atomic E-state index is -0.615. The van der Waals surface area contributed by atoms with Gasteiger partial charge in [0.1, 0.15) is 21.7 Å². The molecule has 23 heavy (non-hydrogen) atoms. The van der Waals surface area contributed by atoms with Crippen LogP contribution in [-0.2, 0) is 0 Å². The van der Waals surface area contributed by atoms with Crippen LogP contribution in [0, 0.1) is 0 Å². The molecule has 0 aliphatic rings. The molecule has 0 unspecified atom stereocenters. The zero-order valence-electron chi connectivity index (χ0n) is 12.5. The first kappa shape index (κ1) is 16.8. The van der Waals surface area contributed by atoms with Crippen LogP contribution in [0.5, 0.6) is 17.2 Å². The summed E-state index contributed by atoms with van der Waals surface area (Å²) in [5, 5.41) is 0. The molecular weight excluding hydrogens is 366 g/mol. The molecule has 2 N–H and O–H groups in total. The van der Waals surface area contributed by atoms with Crippen molar-refractivity contribution >= 4 is 27.8 Å². The van der Waals surface area contributed by atoms with Crippen molar-refractivity contribution in [2.45, 2.75) is 0 Å². The second kappa shape index (κ2) is 7.15. The Hall–Kier alpha value is -2.54. The van der Waals surface area contributed by atoms with Gasteiger partial charge >= 0.3 is 5.97 Å². The Morgan fingerprint density at radius 3 is 2.13 bits per heavy atom. The molecule has 0 spiro atoms. The largest absolute Gasteiger partial charge is 0.495 e. The average molecular weight is 380 g/mol.